The zero-order valence-electron chi connectivity index (χ0n) is 11.0. The summed E-state index contributed by atoms with van der Waals surface area (Å²) in [5.74, 6) is 0.0101. The Morgan fingerprint density at radius 1 is 1.42 bits per heavy atom. The molecule has 1 fully saturated rings. The van der Waals surface area contributed by atoms with Gasteiger partial charge < -0.3 is 9.47 Å². The molecule has 1 aliphatic carbocycles. The molecular formula is C14H16FNO3. The van der Waals surface area contributed by atoms with Gasteiger partial charge in [0.05, 0.1) is 19.3 Å². The number of halogens is 1. The zero-order chi connectivity index (χ0) is 13.9. The van der Waals surface area contributed by atoms with Crippen molar-refractivity contribution in [2.45, 2.75) is 31.4 Å². The van der Waals surface area contributed by atoms with E-state index in [1.807, 2.05) is 0 Å². The number of carbonyl (C=O) groups excluding carboxylic acids is 1. The maximum Gasteiger partial charge on any atom is 0.235 e. The van der Waals surface area contributed by atoms with Crippen LogP contribution in [-0.4, -0.2) is 20.3 Å². The minimum Gasteiger partial charge on any atom is -0.496 e. The third-order valence-corrected chi connectivity index (χ3v) is 3.61. The summed E-state index contributed by atoms with van der Waals surface area (Å²) in [6.45, 7) is 0.170. The zero-order valence-corrected chi connectivity index (χ0v) is 11.0. The SMILES string of the molecule is COCc1ccc(OC)c(C2(N=C=O)CCC2)c1F. The number of hydrogen-bond acceptors (Lipinski definition) is 4. The van der Waals surface area contributed by atoms with Gasteiger partial charge in [-0.3, -0.25) is 0 Å². The summed E-state index contributed by atoms with van der Waals surface area (Å²) >= 11 is 0. The highest BCUT2D eigenvalue weighted by atomic mass is 19.1. The average molecular weight is 265 g/mol. The molecule has 102 valence electrons. The Hall–Kier alpha value is -1.71. The van der Waals surface area contributed by atoms with Crippen LogP contribution in [0.15, 0.2) is 17.1 Å². The summed E-state index contributed by atoms with van der Waals surface area (Å²) in [5, 5.41) is 0. The summed E-state index contributed by atoms with van der Waals surface area (Å²) in [5.41, 5.74) is -0.0363. The second-order valence-corrected chi connectivity index (χ2v) is 4.64. The molecule has 0 spiro atoms. The van der Waals surface area contributed by atoms with Gasteiger partial charge in [0.1, 0.15) is 17.1 Å². The summed E-state index contributed by atoms with van der Waals surface area (Å²) in [6.07, 6.45) is 3.73. The summed E-state index contributed by atoms with van der Waals surface area (Å²) in [4.78, 5) is 14.5. The summed E-state index contributed by atoms with van der Waals surface area (Å²) in [7, 11) is 2.98. The molecular weight excluding hydrogens is 249 g/mol. The molecule has 5 heteroatoms. The Bertz CT molecular complexity index is 520. The van der Waals surface area contributed by atoms with Crippen LogP contribution in [0.4, 0.5) is 4.39 Å². The largest absolute Gasteiger partial charge is 0.496 e. The first-order valence-electron chi connectivity index (χ1n) is 6.12. The number of nitrogens with zero attached hydrogens (tertiary/aromatic N) is 1. The predicted octanol–water partition coefficient (Wildman–Crippen LogP) is 2.70. The maximum absolute atomic E-state index is 14.6. The lowest BCUT2D eigenvalue weighted by Gasteiger charge is -2.38. The van der Waals surface area contributed by atoms with Crippen molar-refractivity contribution in [2.75, 3.05) is 14.2 Å². The third kappa shape index (κ3) is 2.27. The van der Waals surface area contributed by atoms with Crippen molar-refractivity contribution < 1.29 is 18.7 Å². The van der Waals surface area contributed by atoms with Gasteiger partial charge in [-0.05, 0) is 25.3 Å². The highest BCUT2D eigenvalue weighted by Crippen LogP contribution is 2.49. The van der Waals surface area contributed by atoms with Crippen LogP contribution in [0.25, 0.3) is 0 Å². The van der Waals surface area contributed by atoms with Crippen molar-refractivity contribution >= 4 is 6.08 Å². The molecule has 0 atom stereocenters. The standard InChI is InChI=1S/C14H16FNO3/c1-18-8-10-4-5-11(19-2)12(13(10)15)14(16-9-17)6-3-7-14/h4-5H,3,6-8H2,1-2H3. The molecule has 1 saturated carbocycles. The maximum atomic E-state index is 14.6. The summed E-state index contributed by atoms with van der Waals surface area (Å²) in [6, 6.07) is 3.31. The second kappa shape index (κ2) is 5.51. The third-order valence-electron chi connectivity index (χ3n) is 3.61. The van der Waals surface area contributed by atoms with E-state index < -0.39 is 11.4 Å². The second-order valence-electron chi connectivity index (χ2n) is 4.64. The van der Waals surface area contributed by atoms with E-state index in [2.05, 4.69) is 4.99 Å². The Morgan fingerprint density at radius 2 is 2.16 bits per heavy atom. The molecule has 0 heterocycles. The first-order chi connectivity index (χ1) is 9.18. The van der Waals surface area contributed by atoms with E-state index >= 15 is 0 Å². The highest BCUT2D eigenvalue weighted by Gasteiger charge is 2.43. The van der Waals surface area contributed by atoms with Crippen LogP contribution in [0.2, 0.25) is 0 Å². The minimum absolute atomic E-state index is 0.170. The molecule has 0 aliphatic heterocycles. The molecule has 2 rings (SSSR count). The molecule has 0 N–H and O–H groups in total. The first kappa shape index (κ1) is 13.7. The Kier molecular flexibility index (Phi) is 3.98. The summed E-state index contributed by atoms with van der Waals surface area (Å²) < 4.78 is 24.8. The van der Waals surface area contributed by atoms with E-state index in [1.54, 1.807) is 18.2 Å². The molecule has 0 aromatic heterocycles. The van der Waals surface area contributed by atoms with E-state index in [1.165, 1.54) is 14.2 Å². The van der Waals surface area contributed by atoms with Gasteiger partial charge >= 0.3 is 0 Å². The number of isocyanates is 1. The highest BCUT2D eigenvalue weighted by molar-refractivity contribution is 5.48. The van der Waals surface area contributed by atoms with E-state index in [0.717, 1.165) is 6.42 Å². The predicted molar refractivity (Wildman–Crippen MR) is 67.3 cm³/mol. The number of aliphatic imine (C=N–C) groups is 1. The molecule has 4 nitrogen and oxygen atoms in total. The lowest BCUT2D eigenvalue weighted by molar-refractivity contribution is 0.179. The van der Waals surface area contributed by atoms with Gasteiger partial charge in [-0.25, -0.2) is 9.18 Å². The van der Waals surface area contributed by atoms with Crippen molar-refractivity contribution in [3.05, 3.63) is 29.1 Å². The molecule has 0 amide bonds. The van der Waals surface area contributed by atoms with Crippen molar-refractivity contribution in [3.63, 3.8) is 0 Å². The number of methoxy groups -OCH3 is 2. The van der Waals surface area contributed by atoms with Crippen molar-refractivity contribution in [1.29, 1.82) is 0 Å². The van der Waals surface area contributed by atoms with E-state index in [-0.39, 0.29) is 6.61 Å². The molecule has 0 bridgehead atoms. The van der Waals surface area contributed by atoms with Crippen LogP contribution >= 0.6 is 0 Å². The fourth-order valence-corrected chi connectivity index (χ4v) is 2.49. The molecule has 1 aromatic rings. The van der Waals surface area contributed by atoms with Crippen molar-refractivity contribution in [1.82, 2.24) is 0 Å². The van der Waals surface area contributed by atoms with Crippen LogP contribution in [0.3, 0.4) is 0 Å². The van der Waals surface area contributed by atoms with Crippen LogP contribution in [0, 0.1) is 5.82 Å². The number of benzene rings is 1. The monoisotopic (exact) mass is 265 g/mol. The molecule has 0 saturated heterocycles. The number of hydrogen-bond donors (Lipinski definition) is 0. The fraction of sp³-hybridized carbons (Fsp3) is 0.500. The van der Waals surface area contributed by atoms with E-state index in [9.17, 15) is 9.18 Å². The average Bonchev–Trinajstić information content (AvgIpc) is 2.37. The molecule has 1 aromatic carbocycles. The Balaban J connectivity index is 2.58. The first-order valence-corrected chi connectivity index (χ1v) is 6.12. The molecule has 1 aliphatic rings. The minimum atomic E-state index is -0.819. The lowest BCUT2D eigenvalue weighted by Crippen LogP contribution is -2.33. The Labute approximate surface area is 111 Å². The topological polar surface area (TPSA) is 47.9 Å². The smallest absolute Gasteiger partial charge is 0.235 e. The van der Waals surface area contributed by atoms with Gasteiger partial charge in [-0.2, -0.15) is 4.99 Å². The van der Waals surface area contributed by atoms with Crippen molar-refractivity contribution in [3.8, 4) is 5.75 Å². The van der Waals surface area contributed by atoms with Crippen molar-refractivity contribution in [2.24, 2.45) is 4.99 Å². The van der Waals surface area contributed by atoms with Crippen LogP contribution in [0.1, 0.15) is 30.4 Å². The van der Waals surface area contributed by atoms with Gasteiger partial charge in [0, 0.05) is 12.7 Å². The van der Waals surface area contributed by atoms with E-state index in [0.29, 0.717) is 29.7 Å². The van der Waals surface area contributed by atoms with Crippen LogP contribution < -0.4 is 4.74 Å². The van der Waals surface area contributed by atoms with Gasteiger partial charge in [0.25, 0.3) is 0 Å². The van der Waals surface area contributed by atoms with Gasteiger partial charge in [0.15, 0.2) is 0 Å². The van der Waals surface area contributed by atoms with E-state index in [4.69, 9.17) is 9.47 Å². The molecule has 19 heavy (non-hydrogen) atoms. The van der Waals surface area contributed by atoms with Crippen LogP contribution in [0.5, 0.6) is 5.75 Å². The quantitative estimate of drug-likeness (QED) is 0.607. The normalized spacial score (nSPS) is 16.4. The molecule has 0 radical (unpaired) electrons. The fourth-order valence-electron chi connectivity index (χ4n) is 2.49. The van der Waals surface area contributed by atoms with Gasteiger partial charge in [-0.15, -0.1) is 0 Å². The molecule has 0 unspecified atom stereocenters. The Morgan fingerprint density at radius 3 is 2.63 bits per heavy atom. The number of rotatable bonds is 5. The van der Waals surface area contributed by atoms with Crippen LogP contribution in [-0.2, 0) is 21.7 Å². The van der Waals surface area contributed by atoms with Gasteiger partial charge in [0.2, 0.25) is 6.08 Å². The lowest BCUT2D eigenvalue weighted by atomic mass is 9.71. The number of ether oxygens (including phenoxy) is 2. The van der Waals surface area contributed by atoms with Gasteiger partial charge in [-0.1, -0.05) is 6.07 Å².